The van der Waals surface area contributed by atoms with Gasteiger partial charge in [-0.05, 0) is 37.0 Å². The lowest BCUT2D eigenvalue weighted by molar-refractivity contribution is -0.132. The standard InChI is InChI=1S/C23H26N4O2/c1-25-23(29)27(20-12-6-3-7-13-20)22(24-25)19-11-8-16-26(17-19)21(28)15-14-18-9-4-2-5-10-18/h2-7,9-10,12-13,19H,8,11,14-17H2,1H3/t19-/m0/s1. The number of rotatable bonds is 5. The average Bonchev–Trinajstić information content (AvgIpc) is 3.08. The van der Waals surface area contributed by atoms with Crippen molar-refractivity contribution in [3.05, 3.63) is 82.5 Å². The molecule has 0 aliphatic carbocycles. The number of carbonyl (C=O) groups excluding carboxylic acids is 1. The Kier molecular flexibility index (Phi) is 5.60. The van der Waals surface area contributed by atoms with Crippen molar-refractivity contribution in [2.75, 3.05) is 13.1 Å². The summed E-state index contributed by atoms with van der Waals surface area (Å²) in [6.45, 7) is 1.38. The van der Waals surface area contributed by atoms with Crippen LogP contribution in [0.5, 0.6) is 0 Å². The van der Waals surface area contributed by atoms with E-state index < -0.39 is 0 Å². The summed E-state index contributed by atoms with van der Waals surface area (Å²) in [5.74, 6) is 0.964. The molecule has 0 bridgehead atoms. The summed E-state index contributed by atoms with van der Waals surface area (Å²) in [7, 11) is 1.68. The van der Waals surface area contributed by atoms with E-state index in [1.807, 2.05) is 53.4 Å². The third-order valence-electron chi connectivity index (χ3n) is 5.57. The molecule has 1 atom stereocenters. The Hall–Kier alpha value is -3.15. The SMILES string of the molecule is Cn1nc([C@H]2CCCN(C(=O)CCc3ccccc3)C2)n(-c2ccccc2)c1=O. The van der Waals surface area contributed by atoms with E-state index in [0.29, 0.717) is 13.0 Å². The molecule has 29 heavy (non-hydrogen) atoms. The third kappa shape index (κ3) is 4.16. The fraction of sp³-hybridized carbons (Fsp3) is 0.348. The Bertz CT molecular complexity index is 1020. The van der Waals surface area contributed by atoms with Gasteiger partial charge in [-0.1, -0.05) is 48.5 Å². The third-order valence-corrected chi connectivity index (χ3v) is 5.57. The van der Waals surface area contributed by atoms with Crippen LogP contribution in [0.25, 0.3) is 5.69 Å². The number of aromatic nitrogens is 3. The first kappa shape index (κ1) is 19.2. The molecule has 6 heteroatoms. The number of hydrogen-bond acceptors (Lipinski definition) is 3. The summed E-state index contributed by atoms with van der Waals surface area (Å²) in [6.07, 6.45) is 3.09. The predicted octanol–water partition coefficient (Wildman–Crippen LogP) is 2.91. The molecule has 2 aromatic carbocycles. The zero-order valence-electron chi connectivity index (χ0n) is 16.7. The van der Waals surface area contributed by atoms with E-state index in [0.717, 1.165) is 37.3 Å². The van der Waals surface area contributed by atoms with Gasteiger partial charge in [0.15, 0.2) is 0 Å². The van der Waals surface area contributed by atoms with Gasteiger partial charge in [-0.3, -0.25) is 4.79 Å². The van der Waals surface area contributed by atoms with E-state index in [1.54, 1.807) is 11.6 Å². The first-order chi connectivity index (χ1) is 14.1. The van der Waals surface area contributed by atoms with E-state index >= 15 is 0 Å². The number of carbonyl (C=O) groups is 1. The lowest BCUT2D eigenvalue weighted by Gasteiger charge is -2.32. The van der Waals surface area contributed by atoms with Crippen LogP contribution < -0.4 is 5.69 Å². The van der Waals surface area contributed by atoms with Crippen LogP contribution in [0.4, 0.5) is 0 Å². The Morgan fingerprint density at radius 2 is 1.76 bits per heavy atom. The Labute approximate surface area is 170 Å². The molecule has 4 rings (SSSR count). The predicted molar refractivity (Wildman–Crippen MR) is 112 cm³/mol. The quantitative estimate of drug-likeness (QED) is 0.673. The summed E-state index contributed by atoms with van der Waals surface area (Å²) >= 11 is 0. The molecule has 0 unspecified atom stereocenters. The molecule has 1 aromatic heterocycles. The Morgan fingerprint density at radius 1 is 1.07 bits per heavy atom. The lowest BCUT2D eigenvalue weighted by Crippen LogP contribution is -2.40. The molecule has 1 aliphatic heterocycles. The van der Waals surface area contributed by atoms with Gasteiger partial charge in [-0.15, -0.1) is 0 Å². The zero-order chi connectivity index (χ0) is 20.2. The van der Waals surface area contributed by atoms with Gasteiger partial charge in [0.05, 0.1) is 5.69 Å². The van der Waals surface area contributed by atoms with Crippen molar-refractivity contribution in [1.29, 1.82) is 0 Å². The maximum Gasteiger partial charge on any atom is 0.350 e. The van der Waals surface area contributed by atoms with E-state index in [4.69, 9.17) is 0 Å². The molecule has 0 N–H and O–H groups in total. The molecule has 0 spiro atoms. The van der Waals surface area contributed by atoms with Crippen molar-refractivity contribution in [2.24, 2.45) is 7.05 Å². The number of piperidine rings is 1. The minimum atomic E-state index is -0.154. The molecule has 1 saturated heterocycles. The monoisotopic (exact) mass is 390 g/mol. The van der Waals surface area contributed by atoms with Crippen molar-refractivity contribution in [1.82, 2.24) is 19.2 Å². The van der Waals surface area contributed by atoms with Crippen molar-refractivity contribution >= 4 is 5.91 Å². The molecule has 1 aliphatic rings. The van der Waals surface area contributed by atoms with Crippen molar-refractivity contribution in [3.63, 3.8) is 0 Å². The van der Waals surface area contributed by atoms with Crippen molar-refractivity contribution < 1.29 is 4.79 Å². The highest BCUT2D eigenvalue weighted by Crippen LogP contribution is 2.27. The molecular weight excluding hydrogens is 364 g/mol. The molecule has 3 aromatic rings. The number of aryl methyl sites for hydroxylation is 2. The molecule has 0 radical (unpaired) electrons. The van der Waals surface area contributed by atoms with Crippen LogP contribution in [0.15, 0.2) is 65.5 Å². The van der Waals surface area contributed by atoms with Gasteiger partial charge in [-0.2, -0.15) is 5.10 Å². The van der Waals surface area contributed by atoms with Gasteiger partial charge in [0.1, 0.15) is 5.82 Å². The van der Waals surface area contributed by atoms with Gasteiger partial charge < -0.3 is 4.90 Å². The summed E-state index contributed by atoms with van der Waals surface area (Å²) in [4.78, 5) is 27.4. The highest BCUT2D eigenvalue weighted by molar-refractivity contribution is 5.76. The number of amides is 1. The molecule has 150 valence electrons. The van der Waals surface area contributed by atoms with Gasteiger partial charge in [0.2, 0.25) is 5.91 Å². The van der Waals surface area contributed by atoms with E-state index in [-0.39, 0.29) is 17.5 Å². The molecule has 1 fully saturated rings. The Morgan fingerprint density at radius 3 is 2.48 bits per heavy atom. The van der Waals surface area contributed by atoms with Crippen molar-refractivity contribution in [2.45, 2.75) is 31.6 Å². The van der Waals surface area contributed by atoms with Crippen LogP contribution in [0.1, 0.15) is 36.6 Å². The van der Waals surface area contributed by atoms with E-state index in [2.05, 4.69) is 17.2 Å². The van der Waals surface area contributed by atoms with Gasteiger partial charge >= 0.3 is 5.69 Å². The zero-order valence-corrected chi connectivity index (χ0v) is 16.7. The van der Waals surface area contributed by atoms with Crippen LogP contribution in [0, 0.1) is 0 Å². The van der Waals surface area contributed by atoms with Gasteiger partial charge in [0.25, 0.3) is 0 Å². The maximum absolute atomic E-state index is 12.8. The van der Waals surface area contributed by atoms with E-state index in [1.165, 1.54) is 10.2 Å². The fourth-order valence-electron chi connectivity index (χ4n) is 4.04. The van der Waals surface area contributed by atoms with Crippen LogP contribution in [0.2, 0.25) is 0 Å². The second-order valence-electron chi connectivity index (χ2n) is 7.60. The highest BCUT2D eigenvalue weighted by Gasteiger charge is 2.29. The van der Waals surface area contributed by atoms with Crippen LogP contribution in [-0.2, 0) is 18.3 Å². The smallest absolute Gasteiger partial charge is 0.342 e. The normalized spacial score (nSPS) is 16.7. The van der Waals surface area contributed by atoms with Gasteiger partial charge in [-0.25, -0.2) is 14.0 Å². The minimum Gasteiger partial charge on any atom is -0.342 e. The summed E-state index contributed by atoms with van der Waals surface area (Å²) < 4.78 is 3.07. The minimum absolute atomic E-state index is 0.0542. The summed E-state index contributed by atoms with van der Waals surface area (Å²) in [6, 6.07) is 19.7. The highest BCUT2D eigenvalue weighted by atomic mass is 16.2. The maximum atomic E-state index is 12.8. The van der Waals surface area contributed by atoms with Crippen LogP contribution in [0.3, 0.4) is 0 Å². The van der Waals surface area contributed by atoms with Gasteiger partial charge in [0, 0.05) is 32.5 Å². The van der Waals surface area contributed by atoms with Crippen LogP contribution >= 0.6 is 0 Å². The first-order valence-corrected chi connectivity index (χ1v) is 10.2. The lowest BCUT2D eigenvalue weighted by atomic mass is 9.96. The second-order valence-corrected chi connectivity index (χ2v) is 7.60. The topological polar surface area (TPSA) is 60.1 Å². The first-order valence-electron chi connectivity index (χ1n) is 10.2. The molecule has 0 saturated carbocycles. The molecule has 6 nitrogen and oxygen atoms in total. The second kappa shape index (κ2) is 8.47. The summed E-state index contributed by atoms with van der Waals surface area (Å²) in [5, 5.41) is 4.53. The van der Waals surface area contributed by atoms with Crippen molar-refractivity contribution in [3.8, 4) is 5.69 Å². The number of nitrogens with zero attached hydrogens (tertiary/aromatic N) is 4. The van der Waals surface area contributed by atoms with Crippen LogP contribution in [-0.4, -0.2) is 38.2 Å². The Balaban J connectivity index is 1.51. The largest absolute Gasteiger partial charge is 0.350 e. The number of likely N-dealkylation sites (tertiary alicyclic amines) is 1. The number of benzene rings is 2. The number of hydrogen-bond donors (Lipinski definition) is 0. The molecule has 1 amide bonds. The fourth-order valence-corrected chi connectivity index (χ4v) is 4.04. The average molecular weight is 390 g/mol. The molecular formula is C23H26N4O2. The summed E-state index contributed by atoms with van der Waals surface area (Å²) in [5.41, 5.74) is 1.84. The number of para-hydroxylation sites is 1. The molecule has 2 heterocycles. The van der Waals surface area contributed by atoms with E-state index in [9.17, 15) is 9.59 Å².